The molecule has 1 aromatic carbocycles. The van der Waals surface area contributed by atoms with Gasteiger partial charge in [0.05, 0.1) is 16.7 Å². The third-order valence-corrected chi connectivity index (χ3v) is 3.05. The van der Waals surface area contributed by atoms with Crippen molar-refractivity contribution in [3.8, 4) is 0 Å². The van der Waals surface area contributed by atoms with E-state index in [1.54, 1.807) is 6.92 Å². The van der Waals surface area contributed by atoms with Crippen LogP contribution in [0.1, 0.15) is 20.3 Å². The molecule has 1 amide bonds. The Balaban J connectivity index is 3.01. The molecule has 8 heteroatoms. The Bertz CT molecular complexity index is 537. The maximum atomic E-state index is 13.5. The first-order chi connectivity index (χ1) is 9.27. The standard InChI is InChI=1S/C12H15F2N3O3/c1-3-6(2)11(15)12(18)16-9-5-10(17(19)20)8(14)4-7(9)13/h4-6,11H,3,15H2,1-2H3,(H,16,18)/t6-,11-/m0/s1. The summed E-state index contributed by atoms with van der Waals surface area (Å²) in [7, 11) is 0. The monoisotopic (exact) mass is 287 g/mol. The number of carbonyl (C=O) groups excluding carboxylic acids is 1. The number of halogens is 2. The lowest BCUT2D eigenvalue weighted by Crippen LogP contribution is -2.40. The molecular weight excluding hydrogens is 272 g/mol. The molecule has 0 spiro atoms. The smallest absolute Gasteiger partial charge is 0.307 e. The number of rotatable bonds is 5. The van der Waals surface area contributed by atoms with Crippen LogP contribution < -0.4 is 11.1 Å². The Labute approximate surface area is 114 Å². The number of benzene rings is 1. The summed E-state index contributed by atoms with van der Waals surface area (Å²) < 4.78 is 26.6. The van der Waals surface area contributed by atoms with Crippen LogP contribution in [0.25, 0.3) is 0 Å². The van der Waals surface area contributed by atoms with Crippen LogP contribution in [0.5, 0.6) is 0 Å². The van der Waals surface area contributed by atoms with Gasteiger partial charge in [0.25, 0.3) is 0 Å². The summed E-state index contributed by atoms with van der Waals surface area (Å²) in [6.07, 6.45) is 0.640. The van der Waals surface area contributed by atoms with E-state index in [1.807, 2.05) is 6.92 Å². The fraction of sp³-hybridized carbons (Fsp3) is 0.417. The number of carbonyl (C=O) groups is 1. The molecule has 0 radical (unpaired) electrons. The number of nitrogens with two attached hydrogens (primary N) is 1. The quantitative estimate of drug-likeness (QED) is 0.640. The van der Waals surface area contributed by atoms with Crippen LogP contribution in [0.3, 0.4) is 0 Å². The van der Waals surface area contributed by atoms with Crippen molar-refractivity contribution in [2.45, 2.75) is 26.3 Å². The number of hydrogen-bond acceptors (Lipinski definition) is 4. The van der Waals surface area contributed by atoms with Crippen molar-refractivity contribution >= 4 is 17.3 Å². The molecule has 0 bridgehead atoms. The van der Waals surface area contributed by atoms with Crippen LogP contribution >= 0.6 is 0 Å². The van der Waals surface area contributed by atoms with Gasteiger partial charge in [0.15, 0.2) is 0 Å². The topological polar surface area (TPSA) is 98.3 Å². The Morgan fingerprint density at radius 1 is 1.45 bits per heavy atom. The molecule has 20 heavy (non-hydrogen) atoms. The summed E-state index contributed by atoms with van der Waals surface area (Å²) in [6, 6.07) is 0.0949. The van der Waals surface area contributed by atoms with Crippen LogP contribution in [0.15, 0.2) is 12.1 Å². The first-order valence-electron chi connectivity index (χ1n) is 5.97. The van der Waals surface area contributed by atoms with E-state index in [4.69, 9.17) is 5.73 Å². The Hall–Kier alpha value is -2.09. The summed E-state index contributed by atoms with van der Waals surface area (Å²) in [4.78, 5) is 21.3. The van der Waals surface area contributed by atoms with Crippen molar-refractivity contribution in [3.05, 3.63) is 33.9 Å². The predicted molar refractivity (Wildman–Crippen MR) is 69.1 cm³/mol. The molecule has 6 nitrogen and oxygen atoms in total. The van der Waals surface area contributed by atoms with E-state index in [0.29, 0.717) is 18.6 Å². The molecule has 0 saturated carbocycles. The number of amides is 1. The van der Waals surface area contributed by atoms with Gasteiger partial charge in [0, 0.05) is 12.1 Å². The largest absolute Gasteiger partial charge is 0.322 e. The van der Waals surface area contributed by atoms with Crippen LogP contribution in [-0.4, -0.2) is 16.9 Å². The van der Waals surface area contributed by atoms with Crippen LogP contribution in [0.2, 0.25) is 0 Å². The fourth-order valence-corrected chi connectivity index (χ4v) is 1.50. The Morgan fingerprint density at radius 3 is 2.55 bits per heavy atom. The first-order valence-corrected chi connectivity index (χ1v) is 5.97. The van der Waals surface area contributed by atoms with Gasteiger partial charge in [-0.1, -0.05) is 20.3 Å². The highest BCUT2D eigenvalue weighted by Crippen LogP contribution is 2.25. The third kappa shape index (κ3) is 3.47. The van der Waals surface area contributed by atoms with Crippen molar-refractivity contribution in [3.63, 3.8) is 0 Å². The van der Waals surface area contributed by atoms with Gasteiger partial charge >= 0.3 is 5.69 Å². The number of nitrogens with zero attached hydrogens (tertiary/aromatic N) is 1. The zero-order valence-corrected chi connectivity index (χ0v) is 11.0. The summed E-state index contributed by atoms with van der Waals surface area (Å²) in [5.74, 6) is -3.23. The number of hydrogen-bond donors (Lipinski definition) is 2. The molecule has 1 rings (SSSR count). The van der Waals surface area contributed by atoms with Crippen LogP contribution in [0.4, 0.5) is 20.2 Å². The Morgan fingerprint density at radius 2 is 2.05 bits per heavy atom. The molecule has 0 aliphatic carbocycles. The van der Waals surface area contributed by atoms with Crippen molar-refractivity contribution < 1.29 is 18.5 Å². The molecule has 2 atom stereocenters. The van der Waals surface area contributed by atoms with Crippen molar-refractivity contribution in [2.24, 2.45) is 11.7 Å². The lowest BCUT2D eigenvalue weighted by atomic mass is 9.99. The highest BCUT2D eigenvalue weighted by molar-refractivity contribution is 5.95. The zero-order valence-electron chi connectivity index (χ0n) is 11.0. The molecule has 0 fully saturated rings. The SMILES string of the molecule is CC[C@H](C)[C@H](N)C(=O)Nc1cc([N+](=O)[O-])c(F)cc1F. The minimum atomic E-state index is -1.31. The minimum Gasteiger partial charge on any atom is -0.322 e. The second kappa shape index (κ2) is 6.38. The number of nitrogens with one attached hydrogen (secondary N) is 1. The van der Waals surface area contributed by atoms with Gasteiger partial charge < -0.3 is 11.1 Å². The number of nitro groups is 1. The maximum absolute atomic E-state index is 13.5. The van der Waals surface area contributed by atoms with Crippen molar-refractivity contribution in [1.29, 1.82) is 0 Å². The zero-order chi connectivity index (χ0) is 15.4. The maximum Gasteiger partial charge on any atom is 0.307 e. The fourth-order valence-electron chi connectivity index (χ4n) is 1.50. The van der Waals surface area contributed by atoms with Gasteiger partial charge in [0.1, 0.15) is 5.82 Å². The molecule has 3 N–H and O–H groups in total. The van der Waals surface area contributed by atoms with Crippen molar-refractivity contribution in [2.75, 3.05) is 5.32 Å². The van der Waals surface area contributed by atoms with Gasteiger partial charge in [-0.2, -0.15) is 4.39 Å². The summed E-state index contributed by atoms with van der Waals surface area (Å²) in [6.45, 7) is 3.58. The van der Waals surface area contributed by atoms with Crippen LogP contribution in [-0.2, 0) is 4.79 Å². The lowest BCUT2D eigenvalue weighted by molar-refractivity contribution is -0.387. The summed E-state index contributed by atoms with van der Waals surface area (Å²) >= 11 is 0. The van der Waals surface area contributed by atoms with E-state index >= 15 is 0 Å². The van der Waals surface area contributed by atoms with Gasteiger partial charge in [-0.05, 0) is 5.92 Å². The summed E-state index contributed by atoms with van der Waals surface area (Å²) in [5.41, 5.74) is 4.27. The Kier molecular flexibility index (Phi) is 5.09. The molecule has 110 valence electrons. The third-order valence-electron chi connectivity index (χ3n) is 3.05. The average molecular weight is 287 g/mol. The second-order valence-electron chi connectivity index (χ2n) is 4.44. The molecular formula is C12H15F2N3O3. The summed E-state index contributed by atoms with van der Waals surface area (Å²) in [5, 5.41) is 12.7. The van der Waals surface area contributed by atoms with Crippen LogP contribution in [0, 0.1) is 27.7 Å². The highest BCUT2D eigenvalue weighted by Gasteiger charge is 2.23. The molecule has 0 aromatic heterocycles. The molecule has 1 aromatic rings. The second-order valence-corrected chi connectivity index (χ2v) is 4.44. The molecule has 0 aliphatic heterocycles. The van der Waals surface area contributed by atoms with Gasteiger partial charge in [-0.25, -0.2) is 4.39 Å². The lowest BCUT2D eigenvalue weighted by Gasteiger charge is -2.17. The van der Waals surface area contributed by atoms with E-state index < -0.39 is 39.9 Å². The first kappa shape index (κ1) is 16.0. The normalized spacial score (nSPS) is 13.7. The van der Waals surface area contributed by atoms with E-state index in [0.717, 1.165) is 0 Å². The molecule has 0 saturated heterocycles. The predicted octanol–water partition coefficient (Wildman–Crippen LogP) is 2.18. The molecule has 0 unspecified atom stereocenters. The van der Waals surface area contributed by atoms with E-state index in [2.05, 4.69) is 5.32 Å². The van der Waals surface area contributed by atoms with Crippen molar-refractivity contribution in [1.82, 2.24) is 0 Å². The minimum absolute atomic E-state index is 0.145. The number of nitro benzene ring substituents is 1. The van der Waals surface area contributed by atoms with Gasteiger partial charge in [-0.15, -0.1) is 0 Å². The average Bonchev–Trinajstić information content (AvgIpc) is 2.39. The van der Waals surface area contributed by atoms with Gasteiger partial charge in [-0.3, -0.25) is 14.9 Å². The molecule has 0 heterocycles. The number of anilines is 1. The van der Waals surface area contributed by atoms with Gasteiger partial charge in [0.2, 0.25) is 11.7 Å². The molecule has 0 aliphatic rings. The van der Waals surface area contributed by atoms with E-state index in [9.17, 15) is 23.7 Å². The van der Waals surface area contributed by atoms with E-state index in [-0.39, 0.29) is 5.92 Å². The highest BCUT2D eigenvalue weighted by atomic mass is 19.1. The van der Waals surface area contributed by atoms with E-state index in [1.165, 1.54) is 0 Å².